The Morgan fingerprint density at radius 1 is 1.08 bits per heavy atom. The molecule has 2 heterocycles. The zero-order chi connectivity index (χ0) is 27.1. The third-order valence-electron chi connectivity index (χ3n) is 7.06. The largest absolute Gasteiger partial charge is 0.491 e. The minimum atomic E-state index is -0.197. The number of rotatable bonds is 11. The van der Waals surface area contributed by atoms with Crippen LogP contribution in [0.25, 0.3) is 0 Å². The molecule has 4 rings (SSSR count). The highest BCUT2D eigenvalue weighted by Crippen LogP contribution is 2.34. The van der Waals surface area contributed by atoms with Crippen LogP contribution in [-0.2, 0) is 16.0 Å². The lowest BCUT2D eigenvalue weighted by molar-refractivity contribution is -0.135. The number of benzene rings is 2. The maximum absolute atomic E-state index is 13.8. The van der Waals surface area contributed by atoms with Crippen LogP contribution in [-0.4, -0.2) is 61.6 Å². The number of hydrogen-bond acceptors (Lipinski definition) is 5. The second-order valence-corrected chi connectivity index (χ2v) is 11.1. The van der Waals surface area contributed by atoms with Crippen LogP contribution in [0, 0.1) is 6.92 Å². The third-order valence-corrected chi connectivity index (χ3v) is 8.05. The first kappa shape index (κ1) is 27.9. The molecule has 0 bridgehead atoms. The molecular formula is C31H38N2O4S. The second-order valence-electron chi connectivity index (χ2n) is 10.1. The van der Waals surface area contributed by atoms with E-state index < -0.39 is 0 Å². The highest BCUT2D eigenvalue weighted by Gasteiger charge is 2.33. The molecular weight excluding hydrogens is 496 g/mol. The molecule has 6 nitrogen and oxygen atoms in total. The molecule has 0 N–H and O–H groups in total. The van der Waals surface area contributed by atoms with E-state index in [0.29, 0.717) is 44.2 Å². The Morgan fingerprint density at radius 2 is 1.82 bits per heavy atom. The van der Waals surface area contributed by atoms with Crippen LogP contribution in [0.15, 0.2) is 60.0 Å². The minimum absolute atomic E-state index is 0.0233. The van der Waals surface area contributed by atoms with Crippen molar-refractivity contribution in [3.05, 3.63) is 87.1 Å². The van der Waals surface area contributed by atoms with Gasteiger partial charge < -0.3 is 19.3 Å². The predicted molar refractivity (Wildman–Crippen MR) is 152 cm³/mol. The van der Waals surface area contributed by atoms with E-state index in [1.54, 1.807) is 23.3 Å². The van der Waals surface area contributed by atoms with Crippen LogP contribution >= 0.6 is 11.3 Å². The molecule has 38 heavy (non-hydrogen) atoms. The summed E-state index contributed by atoms with van der Waals surface area (Å²) in [5, 5.41) is 2.08. The lowest BCUT2D eigenvalue weighted by Gasteiger charge is -2.37. The van der Waals surface area contributed by atoms with Gasteiger partial charge in [-0.05, 0) is 72.5 Å². The summed E-state index contributed by atoms with van der Waals surface area (Å²) in [6, 6.07) is 17.6. The van der Waals surface area contributed by atoms with Crippen molar-refractivity contribution in [2.24, 2.45) is 0 Å². The van der Waals surface area contributed by atoms with Gasteiger partial charge in [-0.3, -0.25) is 9.59 Å². The number of nitrogens with zero attached hydrogens (tertiary/aromatic N) is 2. The van der Waals surface area contributed by atoms with Gasteiger partial charge in [0.15, 0.2) is 0 Å². The zero-order valence-corrected chi connectivity index (χ0v) is 23.6. The van der Waals surface area contributed by atoms with Gasteiger partial charge in [0.1, 0.15) is 18.9 Å². The Hall–Kier alpha value is -3.16. The number of thiophene rings is 1. The maximum atomic E-state index is 13.8. The van der Waals surface area contributed by atoms with Gasteiger partial charge in [-0.2, -0.15) is 0 Å². The molecule has 2 amide bonds. The van der Waals surface area contributed by atoms with Crippen LogP contribution in [0.3, 0.4) is 0 Å². The number of carbonyl (C=O) groups is 2. The van der Waals surface area contributed by atoms with Crippen LogP contribution in [0.4, 0.5) is 0 Å². The van der Waals surface area contributed by atoms with Gasteiger partial charge in [-0.1, -0.05) is 43.7 Å². The summed E-state index contributed by atoms with van der Waals surface area (Å²) in [6.45, 7) is 8.30. The van der Waals surface area contributed by atoms with E-state index in [-0.39, 0.29) is 24.4 Å². The molecule has 2 aromatic carbocycles. The molecule has 0 aliphatic carbocycles. The molecule has 0 radical (unpaired) electrons. The van der Waals surface area contributed by atoms with Gasteiger partial charge >= 0.3 is 0 Å². The Bertz CT molecular complexity index is 1200. The molecule has 7 heteroatoms. The molecule has 0 spiro atoms. The molecule has 1 atom stereocenters. The van der Waals surface area contributed by atoms with Crippen molar-refractivity contribution in [1.29, 1.82) is 0 Å². The highest BCUT2D eigenvalue weighted by atomic mass is 32.1. The number of ether oxygens (including phenoxy) is 2. The Labute approximate surface area is 230 Å². The van der Waals surface area contributed by atoms with Crippen molar-refractivity contribution in [1.82, 2.24) is 9.80 Å². The molecule has 1 aliphatic heterocycles. The summed E-state index contributed by atoms with van der Waals surface area (Å²) in [4.78, 5) is 32.0. The molecule has 0 saturated heterocycles. The number of fused-ring (bicyclic) bond motifs is 1. The Balaban J connectivity index is 1.50. The highest BCUT2D eigenvalue weighted by molar-refractivity contribution is 7.10. The third kappa shape index (κ3) is 6.83. The SMILES string of the molecule is COCCCN(CC(=O)N1CCc2sccc2C1COc1ccc(C(C)C)cc1)C(=O)c1ccc(C)cc1. The van der Waals surface area contributed by atoms with Gasteiger partial charge in [0.05, 0.1) is 6.04 Å². The Kier molecular flexibility index (Phi) is 9.58. The smallest absolute Gasteiger partial charge is 0.254 e. The summed E-state index contributed by atoms with van der Waals surface area (Å²) in [5.41, 5.74) is 4.08. The summed E-state index contributed by atoms with van der Waals surface area (Å²) >= 11 is 1.73. The summed E-state index contributed by atoms with van der Waals surface area (Å²) in [6.07, 6.45) is 1.48. The van der Waals surface area contributed by atoms with E-state index in [2.05, 4.69) is 37.4 Å². The molecule has 0 saturated carbocycles. The van der Waals surface area contributed by atoms with Gasteiger partial charge in [0.2, 0.25) is 5.91 Å². The average molecular weight is 535 g/mol. The molecule has 3 aromatic rings. The fraction of sp³-hybridized carbons (Fsp3) is 0.419. The van der Waals surface area contributed by atoms with Gasteiger partial charge in [-0.15, -0.1) is 11.3 Å². The first-order valence-corrected chi connectivity index (χ1v) is 14.2. The van der Waals surface area contributed by atoms with Crippen LogP contribution in [0.5, 0.6) is 5.75 Å². The molecule has 202 valence electrons. The summed E-state index contributed by atoms with van der Waals surface area (Å²) < 4.78 is 11.4. The van der Waals surface area contributed by atoms with Gasteiger partial charge in [0, 0.05) is 37.2 Å². The number of hydrogen-bond donors (Lipinski definition) is 0. The van der Waals surface area contributed by atoms with Crippen LogP contribution < -0.4 is 4.74 Å². The van der Waals surface area contributed by atoms with E-state index in [0.717, 1.165) is 23.3 Å². The predicted octanol–water partition coefficient (Wildman–Crippen LogP) is 5.86. The van der Waals surface area contributed by atoms with E-state index in [9.17, 15) is 9.59 Å². The summed E-state index contributed by atoms with van der Waals surface area (Å²) in [7, 11) is 1.64. The zero-order valence-electron chi connectivity index (χ0n) is 22.8. The van der Waals surface area contributed by atoms with E-state index in [1.807, 2.05) is 48.2 Å². The van der Waals surface area contributed by atoms with E-state index in [4.69, 9.17) is 9.47 Å². The quantitative estimate of drug-likeness (QED) is 0.289. The van der Waals surface area contributed by atoms with Gasteiger partial charge in [0.25, 0.3) is 5.91 Å². The number of carbonyl (C=O) groups excluding carboxylic acids is 2. The van der Waals surface area contributed by atoms with Crippen molar-refractivity contribution in [2.75, 3.05) is 40.0 Å². The average Bonchev–Trinajstić information content (AvgIpc) is 3.40. The number of amides is 2. The molecule has 1 aliphatic rings. The minimum Gasteiger partial charge on any atom is -0.491 e. The first-order valence-electron chi connectivity index (χ1n) is 13.3. The van der Waals surface area contributed by atoms with Crippen molar-refractivity contribution in [3.8, 4) is 5.75 Å². The molecule has 1 aromatic heterocycles. The lowest BCUT2D eigenvalue weighted by atomic mass is 10.00. The topological polar surface area (TPSA) is 59.1 Å². The van der Waals surface area contributed by atoms with Crippen molar-refractivity contribution in [2.45, 2.75) is 45.6 Å². The van der Waals surface area contributed by atoms with E-state index in [1.165, 1.54) is 10.4 Å². The van der Waals surface area contributed by atoms with E-state index >= 15 is 0 Å². The maximum Gasteiger partial charge on any atom is 0.254 e. The normalized spacial score (nSPS) is 14.9. The number of methoxy groups -OCH3 is 1. The lowest BCUT2D eigenvalue weighted by Crippen LogP contribution is -2.48. The van der Waals surface area contributed by atoms with Crippen molar-refractivity contribution < 1.29 is 19.1 Å². The monoisotopic (exact) mass is 534 g/mol. The number of aryl methyl sites for hydroxylation is 1. The fourth-order valence-electron chi connectivity index (χ4n) is 4.78. The summed E-state index contributed by atoms with van der Waals surface area (Å²) in [5.74, 6) is 1.04. The molecule has 0 fully saturated rings. The van der Waals surface area contributed by atoms with Crippen molar-refractivity contribution in [3.63, 3.8) is 0 Å². The van der Waals surface area contributed by atoms with Crippen LogP contribution in [0.1, 0.15) is 64.2 Å². The standard InChI is InChI=1S/C31H38N2O4S/c1-22(2)24-10-12-26(13-11-24)37-21-28-27-15-19-38-29(27)14-17-33(28)30(34)20-32(16-5-18-36-4)31(35)25-8-6-23(3)7-9-25/h6-13,15,19,22,28H,5,14,16-18,20-21H2,1-4H3. The van der Waals surface area contributed by atoms with Crippen molar-refractivity contribution >= 4 is 23.2 Å². The molecule has 1 unspecified atom stereocenters. The second kappa shape index (κ2) is 13.1. The first-order chi connectivity index (χ1) is 18.4. The fourth-order valence-corrected chi connectivity index (χ4v) is 5.71. The van der Waals surface area contributed by atoms with Gasteiger partial charge in [-0.25, -0.2) is 0 Å². The Morgan fingerprint density at radius 3 is 2.50 bits per heavy atom. The van der Waals surface area contributed by atoms with Crippen LogP contribution in [0.2, 0.25) is 0 Å².